The van der Waals surface area contributed by atoms with E-state index in [1.54, 1.807) is 0 Å². The minimum absolute atomic E-state index is 0.995. The van der Waals surface area contributed by atoms with Gasteiger partial charge in [-0.3, -0.25) is 0 Å². The molecule has 0 aliphatic heterocycles. The zero-order valence-electron chi connectivity index (χ0n) is 9.20. The Morgan fingerprint density at radius 3 is 2.33 bits per heavy atom. The van der Waals surface area contributed by atoms with E-state index in [-0.39, 0.29) is 0 Å². The molecule has 0 saturated carbocycles. The van der Waals surface area contributed by atoms with E-state index in [1.807, 2.05) is 12.1 Å². The first-order valence-corrected chi connectivity index (χ1v) is 7.61. The van der Waals surface area contributed by atoms with Crippen molar-refractivity contribution in [1.29, 1.82) is 0 Å². The Balaban J connectivity index is 2.29. The molecule has 0 saturated heterocycles. The molecule has 15 heavy (non-hydrogen) atoms. The van der Waals surface area contributed by atoms with Crippen LogP contribution >= 0.6 is 0 Å². The first-order chi connectivity index (χ1) is 7.27. The molecule has 0 heterocycles. The molecule has 0 fully saturated rings. The van der Waals surface area contributed by atoms with Crippen molar-refractivity contribution in [2.45, 2.75) is 13.5 Å². The molecule has 0 N–H and O–H groups in total. The van der Waals surface area contributed by atoms with Crippen molar-refractivity contribution >= 4 is 19.2 Å². The molecule has 2 rings (SSSR count). The predicted molar refractivity (Wildman–Crippen MR) is 68.7 cm³/mol. The summed E-state index contributed by atoms with van der Waals surface area (Å²) in [6.07, 6.45) is 0. The summed E-state index contributed by atoms with van der Waals surface area (Å²) in [5.41, 5.74) is 1.33. The fraction of sp³-hybridized carbons (Fsp3) is 0.143. The van der Waals surface area contributed by atoms with Crippen LogP contribution in [0.3, 0.4) is 0 Å². The summed E-state index contributed by atoms with van der Waals surface area (Å²) in [6, 6.07) is 20.6. The summed E-state index contributed by atoms with van der Waals surface area (Å²) in [5, 5.41) is 2.88. The van der Waals surface area contributed by atoms with Gasteiger partial charge in [0.25, 0.3) is 0 Å². The standard InChI is InChI=1S/C14H15Si/c1-12-8-10-14(11-9-12)15(2)13-6-4-3-5-7-13/h3-6,8-11,15H,1-2H3. The minimum Gasteiger partial charge on any atom is -0.0641 e. The van der Waals surface area contributed by atoms with E-state index in [9.17, 15) is 0 Å². The third kappa shape index (κ3) is 2.36. The number of rotatable bonds is 2. The van der Waals surface area contributed by atoms with Crippen molar-refractivity contribution in [3.8, 4) is 0 Å². The molecule has 2 aromatic rings. The van der Waals surface area contributed by atoms with Gasteiger partial charge in [0.15, 0.2) is 0 Å². The summed E-state index contributed by atoms with van der Waals surface area (Å²) in [4.78, 5) is 0. The van der Waals surface area contributed by atoms with Crippen LogP contribution in [0.2, 0.25) is 6.55 Å². The molecular formula is C14H15Si. The largest absolute Gasteiger partial charge is 0.100 e. The van der Waals surface area contributed by atoms with Crippen LogP contribution in [0.25, 0.3) is 0 Å². The highest BCUT2D eigenvalue weighted by Gasteiger charge is 2.08. The molecule has 1 heteroatoms. The predicted octanol–water partition coefficient (Wildman–Crippen LogP) is 1.77. The highest BCUT2D eigenvalue weighted by Crippen LogP contribution is 1.96. The summed E-state index contributed by atoms with van der Waals surface area (Å²) >= 11 is 0. The normalized spacial score (nSPS) is 12.4. The highest BCUT2D eigenvalue weighted by molar-refractivity contribution is 6.84. The second-order valence-corrected chi connectivity index (χ2v) is 6.68. The van der Waals surface area contributed by atoms with Gasteiger partial charge in [-0.15, -0.1) is 0 Å². The maximum atomic E-state index is 3.34. The molecule has 0 spiro atoms. The van der Waals surface area contributed by atoms with E-state index in [0.717, 1.165) is 0 Å². The first-order valence-electron chi connectivity index (χ1n) is 5.30. The molecule has 0 aliphatic carbocycles. The quantitative estimate of drug-likeness (QED) is 0.664. The van der Waals surface area contributed by atoms with E-state index < -0.39 is 8.80 Å². The molecule has 0 bridgehead atoms. The molecule has 0 amide bonds. The molecular weight excluding hydrogens is 196 g/mol. The lowest BCUT2D eigenvalue weighted by Crippen LogP contribution is -2.39. The molecule has 1 unspecified atom stereocenters. The monoisotopic (exact) mass is 211 g/mol. The van der Waals surface area contributed by atoms with Gasteiger partial charge in [0.2, 0.25) is 0 Å². The maximum absolute atomic E-state index is 3.34. The van der Waals surface area contributed by atoms with Crippen LogP contribution in [0.1, 0.15) is 5.56 Å². The maximum Gasteiger partial charge on any atom is 0.100 e. The first kappa shape index (κ1) is 10.2. The molecule has 0 aromatic heterocycles. The summed E-state index contributed by atoms with van der Waals surface area (Å²) in [7, 11) is -0.995. The van der Waals surface area contributed by atoms with Gasteiger partial charge in [-0.25, -0.2) is 0 Å². The van der Waals surface area contributed by atoms with Gasteiger partial charge >= 0.3 is 0 Å². The summed E-state index contributed by atoms with van der Waals surface area (Å²) < 4.78 is 0. The second-order valence-electron chi connectivity index (χ2n) is 3.95. The lowest BCUT2D eigenvalue weighted by molar-refractivity contribution is 1.49. The second kappa shape index (κ2) is 4.45. The third-order valence-corrected chi connectivity index (χ3v) is 5.45. The Hall–Kier alpha value is -1.34. The SMILES string of the molecule is Cc1ccc([SiH](C)c2[c]cccc2)cc1. The van der Waals surface area contributed by atoms with Gasteiger partial charge in [0.05, 0.1) is 0 Å². The van der Waals surface area contributed by atoms with Crippen LogP contribution < -0.4 is 10.4 Å². The summed E-state index contributed by atoms with van der Waals surface area (Å²) in [5.74, 6) is 0. The van der Waals surface area contributed by atoms with E-state index in [2.05, 4.69) is 55.9 Å². The molecule has 0 aliphatic rings. The van der Waals surface area contributed by atoms with Crippen LogP contribution in [0, 0.1) is 13.0 Å². The van der Waals surface area contributed by atoms with Crippen molar-refractivity contribution in [3.63, 3.8) is 0 Å². The Bertz CT molecular complexity index is 417. The molecule has 1 radical (unpaired) electrons. The topological polar surface area (TPSA) is 0 Å². The smallest absolute Gasteiger partial charge is 0.0641 e. The van der Waals surface area contributed by atoms with Gasteiger partial charge < -0.3 is 0 Å². The molecule has 2 aromatic carbocycles. The fourth-order valence-electron chi connectivity index (χ4n) is 1.71. The molecule has 0 nitrogen and oxygen atoms in total. The van der Waals surface area contributed by atoms with E-state index in [1.165, 1.54) is 15.9 Å². The van der Waals surface area contributed by atoms with E-state index in [0.29, 0.717) is 0 Å². The number of benzene rings is 2. The van der Waals surface area contributed by atoms with Gasteiger partial charge in [-0.2, -0.15) is 0 Å². The zero-order valence-corrected chi connectivity index (χ0v) is 10.4. The summed E-state index contributed by atoms with van der Waals surface area (Å²) in [6.45, 7) is 4.49. The van der Waals surface area contributed by atoms with Crippen molar-refractivity contribution in [3.05, 3.63) is 60.2 Å². The van der Waals surface area contributed by atoms with Gasteiger partial charge in [0.1, 0.15) is 8.80 Å². The van der Waals surface area contributed by atoms with Gasteiger partial charge in [-0.1, -0.05) is 71.0 Å². The van der Waals surface area contributed by atoms with E-state index in [4.69, 9.17) is 0 Å². The molecule has 1 atom stereocenters. The van der Waals surface area contributed by atoms with E-state index >= 15 is 0 Å². The van der Waals surface area contributed by atoms with Crippen LogP contribution in [0.5, 0.6) is 0 Å². The Labute approximate surface area is 93.2 Å². The number of hydrogen-bond acceptors (Lipinski definition) is 0. The van der Waals surface area contributed by atoms with Crippen molar-refractivity contribution < 1.29 is 0 Å². The van der Waals surface area contributed by atoms with Crippen LogP contribution in [-0.4, -0.2) is 8.80 Å². The lowest BCUT2D eigenvalue weighted by atomic mass is 10.2. The fourth-order valence-corrected chi connectivity index (χ4v) is 3.59. The Morgan fingerprint density at radius 1 is 1.00 bits per heavy atom. The van der Waals surface area contributed by atoms with Crippen LogP contribution in [0.4, 0.5) is 0 Å². The van der Waals surface area contributed by atoms with Crippen molar-refractivity contribution in [2.75, 3.05) is 0 Å². The average Bonchev–Trinajstić information content (AvgIpc) is 2.30. The van der Waals surface area contributed by atoms with Crippen LogP contribution in [0.15, 0.2) is 48.5 Å². The average molecular weight is 211 g/mol. The Morgan fingerprint density at radius 2 is 1.73 bits per heavy atom. The number of aryl methyl sites for hydroxylation is 1. The highest BCUT2D eigenvalue weighted by atomic mass is 28.3. The van der Waals surface area contributed by atoms with Gasteiger partial charge in [-0.05, 0) is 13.0 Å². The lowest BCUT2D eigenvalue weighted by Gasteiger charge is -2.10. The van der Waals surface area contributed by atoms with Gasteiger partial charge in [0, 0.05) is 0 Å². The van der Waals surface area contributed by atoms with Crippen molar-refractivity contribution in [1.82, 2.24) is 0 Å². The third-order valence-electron chi connectivity index (χ3n) is 2.78. The number of hydrogen-bond donors (Lipinski definition) is 0. The minimum atomic E-state index is -0.995. The molecule has 75 valence electrons. The zero-order chi connectivity index (χ0) is 10.7. The van der Waals surface area contributed by atoms with Crippen molar-refractivity contribution in [2.24, 2.45) is 0 Å². The van der Waals surface area contributed by atoms with Crippen LogP contribution in [-0.2, 0) is 0 Å². The Kier molecular flexibility index (Phi) is 3.02.